The maximum atomic E-state index is 11.9. The molecule has 0 saturated heterocycles. The van der Waals surface area contributed by atoms with Crippen molar-refractivity contribution in [1.82, 2.24) is 15.6 Å². The summed E-state index contributed by atoms with van der Waals surface area (Å²) >= 11 is 13.0. The molecule has 0 unspecified atom stereocenters. The fourth-order valence-electron chi connectivity index (χ4n) is 1.62. The average molecular weight is 414 g/mol. The van der Waals surface area contributed by atoms with Gasteiger partial charge in [-0.1, -0.05) is 61.4 Å². The number of halogens is 2. The van der Waals surface area contributed by atoms with Crippen molar-refractivity contribution >= 4 is 57.7 Å². The molecule has 0 radical (unpaired) electrons. The molecule has 10 heteroatoms. The highest BCUT2D eigenvalue weighted by Gasteiger charge is 2.22. The molecule has 0 atom stereocenters. The molecule has 1 aromatic heterocycles. The number of aromatic nitrogens is 2. The molecule has 2 amide bonds. The Hall–Kier alpha value is -2.03. The van der Waals surface area contributed by atoms with Crippen LogP contribution in [0.4, 0.5) is 5.13 Å². The summed E-state index contributed by atoms with van der Waals surface area (Å²) in [6, 6.07) is 4.95. The quantitative estimate of drug-likeness (QED) is 0.578. The van der Waals surface area contributed by atoms with Crippen molar-refractivity contribution in [2.24, 2.45) is 10.5 Å². The van der Waals surface area contributed by atoms with Gasteiger partial charge in [-0.3, -0.25) is 9.59 Å². The Kier molecular flexibility index (Phi) is 6.69. The summed E-state index contributed by atoms with van der Waals surface area (Å²) in [5, 5.41) is 16.0. The molecule has 0 saturated carbocycles. The zero-order valence-corrected chi connectivity index (χ0v) is 16.7. The Morgan fingerprint density at radius 2 is 2.00 bits per heavy atom. The number of hydrazone groups is 1. The fourth-order valence-corrected chi connectivity index (χ4v) is 2.81. The van der Waals surface area contributed by atoms with Gasteiger partial charge in [-0.2, -0.15) is 5.10 Å². The van der Waals surface area contributed by atoms with Crippen molar-refractivity contribution in [1.29, 1.82) is 0 Å². The summed E-state index contributed by atoms with van der Waals surface area (Å²) in [7, 11) is 0. The van der Waals surface area contributed by atoms with E-state index in [0.717, 1.165) is 11.3 Å². The Labute approximate surface area is 164 Å². The lowest BCUT2D eigenvalue weighted by atomic mass is 9.96. The zero-order valence-electron chi connectivity index (χ0n) is 14.3. The molecule has 138 valence electrons. The maximum Gasteiger partial charge on any atom is 0.247 e. The third kappa shape index (κ3) is 6.05. The van der Waals surface area contributed by atoms with Gasteiger partial charge in [0, 0.05) is 16.0 Å². The molecule has 7 nitrogen and oxygen atoms in total. The molecule has 0 aliphatic heterocycles. The fraction of sp³-hybridized carbons (Fsp3) is 0.312. The normalized spacial score (nSPS) is 11.6. The minimum Gasteiger partial charge on any atom is -0.300 e. The lowest BCUT2D eigenvalue weighted by Gasteiger charge is -2.15. The van der Waals surface area contributed by atoms with Gasteiger partial charge in [0.05, 0.1) is 17.7 Å². The molecule has 1 aromatic carbocycles. The van der Waals surface area contributed by atoms with E-state index >= 15 is 0 Å². The van der Waals surface area contributed by atoms with E-state index in [0.29, 0.717) is 25.7 Å². The third-order valence-electron chi connectivity index (χ3n) is 3.04. The van der Waals surface area contributed by atoms with Crippen molar-refractivity contribution in [3.8, 4) is 0 Å². The van der Waals surface area contributed by atoms with Crippen LogP contribution in [0.1, 0.15) is 31.3 Å². The topological polar surface area (TPSA) is 96.3 Å². The van der Waals surface area contributed by atoms with E-state index in [4.69, 9.17) is 23.2 Å². The maximum absolute atomic E-state index is 11.9. The number of anilines is 1. The van der Waals surface area contributed by atoms with E-state index in [2.05, 4.69) is 26.0 Å². The monoisotopic (exact) mass is 413 g/mol. The van der Waals surface area contributed by atoms with Crippen molar-refractivity contribution in [2.45, 2.75) is 27.2 Å². The third-order valence-corrected chi connectivity index (χ3v) is 4.44. The number of nitrogens with one attached hydrogen (secondary N) is 2. The van der Waals surface area contributed by atoms with Crippen LogP contribution < -0.4 is 10.7 Å². The van der Waals surface area contributed by atoms with Gasteiger partial charge in [-0.25, -0.2) is 5.43 Å². The summed E-state index contributed by atoms with van der Waals surface area (Å²) in [5.41, 5.74) is 2.47. The van der Waals surface area contributed by atoms with Crippen LogP contribution in [-0.4, -0.2) is 28.2 Å². The van der Waals surface area contributed by atoms with Crippen LogP contribution in [0.25, 0.3) is 0 Å². The van der Waals surface area contributed by atoms with Crippen LogP contribution in [-0.2, 0) is 16.0 Å². The second-order valence-electron chi connectivity index (χ2n) is 6.34. The number of hydrogen-bond donors (Lipinski definition) is 2. The lowest BCUT2D eigenvalue weighted by Crippen LogP contribution is -2.27. The minimum atomic E-state index is -0.541. The van der Waals surface area contributed by atoms with E-state index in [1.165, 1.54) is 6.21 Å². The second kappa shape index (κ2) is 8.57. The van der Waals surface area contributed by atoms with Crippen LogP contribution >= 0.6 is 34.5 Å². The van der Waals surface area contributed by atoms with Crippen molar-refractivity contribution in [2.75, 3.05) is 5.32 Å². The Bertz CT molecular complexity index is 845. The van der Waals surface area contributed by atoms with Gasteiger partial charge in [-0.05, 0) is 12.1 Å². The van der Waals surface area contributed by atoms with Gasteiger partial charge in [0.1, 0.15) is 5.01 Å². The highest BCUT2D eigenvalue weighted by Crippen LogP contribution is 2.21. The minimum absolute atomic E-state index is 0.00521. The second-order valence-corrected chi connectivity index (χ2v) is 8.25. The molecule has 0 spiro atoms. The number of rotatable bonds is 5. The van der Waals surface area contributed by atoms with Gasteiger partial charge >= 0.3 is 0 Å². The zero-order chi connectivity index (χ0) is 19.3. The van der Waals surface area contributed by atoms with Crippen LogP contribution in [0.3, 0.4) is 0 Å². The highest BCUT2D eigenvalue weighted by molar-refractivity contribution is 7.15. The lowest BCUT2D eigenvalue weighted by molar-refractivity contribution is -0.123. The Morgan fingerprint density at radius 1 is 1.27 bits per heavy atom. The first-order valence-corrected chi connectivity index (χ1v) is 9.13. The summed E-state index contributed by atoms with van der Waals surface area (Å²) < 4.78 is 0. The smallest absolute Gasteiger partial charge is 0.247 e. The molecule has 2 N–H and O–H groups in total. The van der Waals surface area contributed by atoms with Crippen LogP contribution in [0.2, 0.25) is 10.0 Å². The predicted octanol–water partition coefficient (Wildman–Crippen LogP) is 3.52. The molecule has 1 heterocycles. The van der Waals surface area contributed by atoms with Gasteiger partial charge in [-0.15, -0.1) is 10.2 Å². The number of amides is 2. The van der Waals surface area contributed by atoms with Gasteiger partial charge < -0.3 is 5.32 Å². The summed E-state index contributed by atoms with van der Waals surface area (Å²) in [6.07, 6.45) is 1.42. The van der Waals surface area contributed by atoms with Crippen molar-refractivity contribution in [3.63, 3.8) is 0 Å². The standard InChI is InChI=1S/C16H17Cl2N5O2S/c1-16(2,3)14(25)20-15-23-22-13(26-15)7-12(24)21-19-8-9-4-5-10(17)6-11(9)18/h4-6,8H,7H2,1-3H3,(H,21,24)(H,20,23,25). The molecule has 26 heavy (non-hydrogen) atoms. The number of carbonyl (C=O) groups is 2. The van der Waals surface area contributed by atoms with E-state index < -0.39 is 5.41 Å². The molecule has 0 aliphatic carbocycles. The van der Waals surface area contributed by atoms with E-state index in [1.54, 1.807) is 39.0 Å². The van der Waals surface area contributed by atoms with E-state index in [1.807, 2.05) is 0 Å². The number of nitrogens with zero attached hydrogens (tertiary/aromatic N) is 3. The van der Waals surface area contributed by atoms with E-state index in [-0.39, 0.29) is 18.2 Å². The Morgan fingerprint density at radius 3 is 2.65 bits per heavy atom. The van der Waals surface area contributed by atoms with Crippen molar-refractivity contribution in [3.05, 3.63) is 38.8 Å². The average Bonchev–Trinajstić information content (AvgIpc) is 2.95. The molecule has 0 aliphatic rings. The van der Waals surface area contributed by atoms with Crippen LogP contribution in [0.5, 0.6) is 0 Å². The Balaban J connectivity index is 1.88. The number of benzene rings is 1. The number of carbonyl (C=O) groups excluding carboxylic acids is 2. The first kappa shape index (κ1) is 20.3. The van der Waals surface area contributed by atoms with Gasteiger partial charge in [0.2, 0.25) is 16.9 Å². The summed E-state index contributed by atoms with van der Waals surface area (Å²) in [5.74, 6) is -0.537. The molecule has 2 aromatic rings. The summed E-state index contributed by atoms with van der Waals surface area (Å²) in [6.45, 7) is 5.38. The summed E-state index contributed by atoms with van der Waals surface area (Å²) in [4.78, 5) is 23.8. The molecule has 0 bridgehead atoms. The SMILES string of the molecule is CC(C)(C)C(=O)Nc1nnc(CC(=O)NN=Cc2ccc(Cl)cc2Cl)s1. The van der Waals surface area contributed by atoms with E-state index in [9.17, 15) is 9.59 Å². The largest absolute Gasteiger partial charge is 0.300 e. The van der Waals surface area contributed by atoms with Gasteiger partial charge in [0.25, 0.3) is 0 Å². The molecular formula is C16H17Cl2N5O2S. The highest BCUT2D eigenvalue weighted by atomic mass is 35.5. The van der Waals surface area contributed by atoms with Crippen LogP contribution in [0, 0.1) is 5.41 Å². The molecule has 2 rings (SSSR count). The van der Waals surface area contributed by atoms with Gasteiger partial charge in [0.15, 0.2) is 0 Å². The van der Waals surface area contributed by atoms with Crippen LogP contribution in [0.15, 0.2) is 23.3 Å². The predicted molar refractivity (Wildman–Crippen MR) is 104 cm³/mol. The molecular weight excluding hydrogens is 397 g/mol. The number of hydrogen-bond acceptors (Lipinski definition) is 6. The first-order chi connectivity index (χ1) is 12.1. The molecule has 0 fully saturated rings. The first-order valence-electron chi connectivity index (χ1n) is 7.56. The van der Waals surface area contributed by atoms with Crippen molar-refractivity contribution < 1.29 is 9.59 Å².